The van der Waals surface area contributed by atoms with Crippen LogP contribution in [-0.2, 0) is 75.5 Å². The number of aromatic nitrogens is 4. The number of carbonyl (C=O) groups is 4. The van der Waals surface area contributed by atoms with Gasteiger partial charge in [0.1, 0.15) is 17.3 Å². The first-order chi connectivity index (χ1) is 59.2. The first-order valence-electron chi connectivity index (χ1n) is 43.0. The summed E-state index contributed by atoms with van der Waals surface area (Å²) in [5.41, 5.74) is 11.6. The maximum absolute atomic E-state index is 15.4. The van der Waals surface area contributed by atoms with E-state index < -0.39 is 46.9 Å². The Morgan fingerprint density at radius 2 is 0.912 bits per heavy atom. The summed E-state index contributed by atoms with van der Waals surface area (Å²) in [5, 5.41) is 32.3. The van der Waals surface area contributed by atoms with E-state index in [9.17, 15) is 38.2 Å². The maximum atomic E-state index is 15.4. The van der Waals surface area contributed by atoms with Crippen LogP contribution in [0, 0.1) is 5.82 Å². The van der Waals surface area contributed by atoms with Gasteiger partial charge in [-0.05, 0) is 206 Å². The Hall–Kier alpha value is -12.1. The summed E-state index contributed by atoms with van der Waals surface area (Å²) in [7, 11) is 1.65. The highest BCUT2D eigenvalue weighted by atomic mass is 19.3. The van der Waals surface area contributed by atoms with E-state index in [1.165, 1.54) is 35.0 Å². The van der Waals surface area contributed by atoms with Crippen LogP contribution in [0.25, 0.3) is 43.6 Å². The van der Waals surface area contributed by atoms with Crippen molar-refractivity contribution in [2.45, 2.75) is 228 Å². The zero-order chi connectivity index (χ0) is 88.1. The Labute approximate surface area is 722 Å². The van der Waals surface area contributed by atoms with E-state index in [0.29, 0.717) is 41.7 Å². The predicted molar refractivity (Wildman–Crippen MR) is 472 cm³/mol. The van der Waals surface area contributed by atoms with Crippen LogP contribution in [0.5, 0.6) is 51.7 Å². The lowest BCUT2D eigenvalue weighted by Crippen LogP contribution is -2.45. The molecular formula is C100H106F3N7O15. The van der Waals surface area contributed by atoms with Gasteiger partial charge in [-0.25, -0.2) is 4.39 Å². The summed E-state index contributed by atoms with van der Waals surface area (Å²) < 4.78 is 92.3. The summed E-state index contributed by atoms with van der Waals surface area (Å²) >= 11 is 0. The summed E-state index contributed by atoms with van der Waals surface area (Å²) in [6.45, 7) is 25.6. The Bertz CT molecular complexity index is 6320. The highest BCUT2D eigenvalue weighted by molar-refractivity contribution is 6.06. The van der Waals surface area contributed by atoms with E-state index >= 15 is 4.39 Å². The number of Topliss-reactive ketones (excluding diaryl/α,β-unsaturated/α-hetero) is 1. The quantitative estimate of drug-likeness (QED) is 0.0421. The Balaban J connectivity index is 0.000000114. The van der Waals surface area contributed by atoms with E-state index in [-0.39, 0.29) is 93.4 Å². The van der Waals surface area contributed by atoms with Crippen molar-refractivity contribution in [3.05, 3.63) is 214 Å². The fourth-order valence-electron chi connectivity index (χ4n) is 17.6. The van der Waals surface area contributed by atoms with Gasteiger partial charge in [-0.15, -0.1) is 8.78 Å². The number of amides is 3. The average molecular weight is 1700 g/mol. The fraction of sp³-hybridized carbons (Fsp3) is 0.400. The standard InChI is InChI=1S/C26H27F3N2O5.C26H28N2O3.C24H26N2O4.C24H25NO3/c1-24(2,3)21-9-14-8-16(11-18(27)22(14)31(21)12-17(33)13-32)30-23(34)25(6-7-25)15-4-5-19-20(10-15)36-26(28,29)35-19;1-24(2,3)22-14-16-13-18(6-7-19(16)28-22)27-23(29)25(11-12-25)17-5-8-20-21(15-17)31-26(30-20)9-4-10-26;1-23(2,3)20-10-14-9-16(12-19(28-4)21(14)26-20)25-22(27)24(7-8-24)15-5-6-17-18(11-15)30-13-29-17;1-23(2,3)21-12-16-5-4-15(10-18(16)25-21)11-22(26)24(8-9-24)17-6-7-19-20(13-17)28-14-27-19/h4-5,8-11,17,32-33H,6-7,12-13H2,1-3H3,(H,30,34);5-8,13-15,28H,4,9-12H2,1-3H3,(H,27,29);5-6,9-12,26H,7-8,13H2,1-4H3,(H,25,27);4-7,10,12-13,25H,8-9,11,14H2,1-3H3. The van der Waals surface area contributed by atoms with Crippen LogP contribution in [0.15, 0.2) is 158 Å². The third-order valence-corrected chi connectivity index (χ3v) is 25.9. The normalized spacial score (nSPS) is 18.0. The number of nitrogens with zero attached hydrogens (tertiary/aromatic N) is 1. The van der Waals surface area contributed by atoms with Crippen molar-refractivity contribution in [1.29, 1.82) is 0 Å². The molecule has 4 aliphatic heterocycles. The van der Waals surface area contributed by atoms with E-state index in [0.717, 1.165) is 159 Å². The molecular weight excluding hydrogens is 1600 g/mol. The molecule has 9 aliphatic rings. The molecule has 25 heteroatoms. The van der Waals surface area contributed by atoms with Crippen LogP contribution in [0.3, 0.4) is 0 Å². The number of hydrogen-bond donors (Lipinski definition) is 8. The number of rotatable bonds is 17. The molecule has 8 N–H and O–H groups in total. The van der Waals surface area contributed by atoms with Crippen molar-refractivity contribution in [2.24, 2.45) is 0 Å². The van der Waals surface area contributed by atoms with Crippen molar-refractivity contribution in [3.63, 3.8) is 0 Å². The Morgan fingerprint density at radius 1 is 0.456 bits per heavy atom. The number of hydrogen-bond acceptors (Lipinski definition) is 15. The minimum absolute atomic E-state index is 0.00523. The first-order valence-corrected chi connectivity index (χ1v) is 43.0. The van der Waals surface area contributed by atoms with Gasteiger partial charge in [-0.1, -0.05) is 119 Å². The van der Waals surface area contributed by atoms with E-state index in [2.05, 4.69) is 145 Å². The first kappa shape index (κ1) is 83.8. The smallest absolute Gasteiger partial charge is 0.494 e. The molecule has 5 saturated carbocycles. The molecule has 5 fully saturated rings. The summed E-state index contributed by atoms with van der Waals surface area (Å²) in [6, 6.07) is 49.4. The van der Waals surface area contributed by atoms with Crippen LogP contribution in [0.2, 0.25) is 0 Å². The number of benzene rings is 8. The molecule has 5 aliphatic carbocycles. The summed E-state index contributed by atoms with van der Waals surface area (Å²) in [5.74, 6) is 3.93. The fourth-order valence-corrected chi connectivity index (χ4v) is 17.6. The number of aliphatic hydroxyl groups excluding tert-OH is 2. The lowest BCUT2D eigenvalue weighted by Gasteiger charge is -2.35. The molecule has 21 rings (SSSR count). The molecule has 3 amide bonds. The number of aromatic amines is 3. The molecule has 0 bridgehead atoms. The summed E-state index contributed by atoms with van der Waals surface area (Å²) in [6.07, 6.45) is 4.80. The number of methoxy groups -OCH3 is 1. The molecule has 0 radical (unpaired) electrons. The number of ketones is 1. The molecule has 1 spiro atoms. The van der Waals surface area contributed by atoms with E-state index in [4.69, 9.17) is 33.2 Å². The molecule has 4 aromatic heterocycles. The zero-order valence-corrected chi connectivity index (χ0v) is 72.7. The van der Waals surface area contributed by atoms with Crippen LogP contribution in [0.1, 0.15) is 204 Å². The minimum atomic E-state index is -3.75. The predicted octanol–water partition coefficient (Wildman–Crippen LogP) is 20.1. The van der Waals surface area contributed by atoms with E-state index in [1.54, 1.807) is 23.8 Å². The van der Waals surface area contributed by atoms with Crippen molar-refractivity contribution in [3.8, 4) is 51.7 Å². The number of H-pyrrole nitrogens is 3. The van der Waals surface area contributed by atoms with Crippen LogP contribution >= 0.6 is 0 Å². The van der Waals surface area contributed by atoms with Gasteiger partial charge < -0.3 is 88.3 Å². The molecule has 125 heavy (non-hydrogen) atoms. The molecule has 8 aromatic carbocycles. The lowest BCUT2D eigenvalue weighted by atomic mass is 9.87. The van der Waals surface area contributed by atoms with Crippen molar-refractivity contribution in [1.82, 2.24) is 19.5 Å². The third-order valence-electron chi connectivity index (χ3n) is 25.9. The molecule has 8 heterocycles. The third kappa shape index (κ3) is 16.1. The number of ether oxygens (including phenoxy) is 9. The van der Waals surface area contributed by atoms with Crippen LogP contribution < -0.4 is 58.6 Å². The maximum Gasteiger partial charge on any atom is 0.586 e. The second-order valence-electron chi connectivity index (χ2n) is 39.2. The van der Waals surface area contributed by atoms with Crippen LogP contribution in [-0.4, -0.2) is 98.7 Å². The van der Waals surface area contributed by atoms with Crippen LogP contribution in [0.4, 0.5) is 30.2 Å². The van der Waals surface area contributed by atoms with Gasteiger partial charge in [0.15, 0.2) is 46.0 Å². The van der Waals surface area contributed by atoms with E-state index in [1.807, 2.05) is 106 Å². The van der Waals surface area contributed by atoms with Gasteiger partial charge in [-0.2, -0.15) is 0 Å². The number of anilines is 3. The second kappa shape index (κ2) is 30.4. The number of fused-ring (bicyclic) bond motifs is 8. The lowest BCUT2D eigenvalue weighted by molar-refractivity contribution is -0.286. The van der Waals surface area contributed by atoms with Gasteiger partial charge in [-0.3, -0.25) is 19.2 Å². The van der Waals surface area contributed by atoms with Crippen molar-refractivity contribution in [2.75, 3.05) is 43.3 Å². The highest BCUT2D eigenvalue weighted by Crippen LogP contribution is 2.58. The number of carbonyl (C=O) groups excluding carboxylic acids is 4. The molecule has 12 aromatic rings. The molecule has 22 nitrogen and oxygen atoms in total. The largest absolute Gasteiger partial charge is 0.586 e. The van der Waals surface area contributed by atoms with Gasteiger partial charge in [0.2, 0.25) is 31.3 Å². The zero-order valence-electron chi connectivity index (χ0n) is 72.7. The Kier molecular flexibility index (Phi) is 20.4. The SMILES string of the molecule is CC(C)(C)c1cc2cc(NC(=O)C3(c4ccc5c(c4)OC(F)(F)O5)CC3)cc(F)c2n1CC(O)CO.CC(C)(C)c1cc2cc(NC(=O)C3(c4ccc5c(c4)OC4(CCC4)O5)CC3)ccc2[nH]1.CC(C)(C)c1cc2ccc(CC(=O)C3(c4ccc5c(c4)OCO5)CC3)cc2[nH]1.COc1cc(NC(=O)C2(c3ccc4c(c3)OCO4)CC2)cc2cc(C(C)(C)C)[nH]c12. The number of alkyl halides is 2. The highest BCUT2D eigenvalue weighted by Gasteiger charge is 2.56. The minimum Gasteiger partial charge on any atom is -0.494 e. The number of nitrogens with one attached hydrogen (secondary N) is 6. The monoisotopic (exact) mass is 1700 g/mol. The van der Waals surface area contributed by atoms with Gasteiger partial charge in [0.25, 0.3) is 5.79 Å². The van der Waals surface area contributed by atoms with Gasteiger partial charge in [0.05, 0.1) is 59.1 Å². The van der Waals surface area contributed by atoms with Gasteiger partial charge >= 0.3 is 6.29 Å². The van der Waals surface area contributed by atoms with Gasteiger partial charge in [0, 0.05) is 114 Å². The van der Waals surface area contributed by atoms with Crippen molar-refractivity contribution >= 4 is 84.2 Å². The molecule has 652 valence electrons. The molecule has 0 saturated heterocycles. The number of aliphatic hydroxyl groups is 2. The molecule has 1 atom stereocenters. The Morgan fingerprint density at radius 3 is 1.44 bits per heavy atom. The molecule has 1 unspecified atom stereocenters. The average Bonchev–Trinajstić information content (AvgIpc) is 1.57. The topological polar surface area (TPSA) is 280 Å². The summed E-state index contributed by atoms with van der Waals surface area (Å²) in [4.78, 5) is 63.5. The number of halogens is 3. The van der Waals surface area contributed by atoms with Crippen molar-refractivity contribution < 1.29 is 85.2 Å². The second-order valence-corrected chi connectivity index (χ2v) is 39.2.